The molecule has 0 aliphatic heterocycles. The average Bonchev–Trinajstić information content (AvgIpc) is 2.69. The zero-order chi connectivity index (χ0) is 12.6. The van der Waals surface area contributed by atoms with E-state index in [0.29, 0.717) is 18.8 Å². The number of fused-ring (bicyclic) bond motifs is 1. The molecule has 0 saturated carbocycles. The Hall–Kier alpha value is -1.44. The first kappa shape index (κ1) is 12.0. The minimum Gasteiger partial charge on any atom is -0.265 e. The molecular weight excluding hydrogens is 290 g/mol. The molecular formula is C9H12BrN5O2. The van der Waals surface area contributed by atoms with Crippen LogP contribution in [0.1, 0.15) is 12.2 Å². The maximum atomic E-state index is 12.0. The molecule has 8 heteroatoms. The summed E-state index contributed by atoms with van der Waals surface area (Å²) in [7, 11) is 1.58. The van der Waals surface area contributed by atoms with Crippen molar-refractivity contribution in [1.29, 1.82) is 0 Å². The van der Waals surface area contributed by atoms with Crippen molar-refractivity contribution in [2.75, 3.05) is 5.33 Å². The lowest BCUT2D eigenvalue weighted by atomic mass is 10.5. The van der Waals surface area contributed by atoms with Crippen molar-refractivity contribution in [3.63, 3.8) is 0 Å². The predicted octanol–water partition coefficient (Wildman–Crippen LogP) is -0.317. The van der Waals surface area contributed by atoms with Gasteiger partial charge < -0.3 is 0 Å². The first-order valence-corrected chi connectivity index (χ1v) is 6.27. The maximum Gasteiger partial charge on any atom is 0.356 e. The molecule has 0 unspecified atom stereocenters. The molecule has 2 aromatic rings. The van der Waals surface area contributed by atoms with Crippen LogP contribution in [0.4, 0.5) is 0 Å². The van der Waals surface area contributed by atoms with Gasteiger partial charge in [-0.15, -0.1) is 9.61 Å². The molecule has 0 saturated heterocycles. The Labute approximate surface area is 105 Å². The van der Waals surface area contributed by atoms with Gasteiger partial charge in [-0.2, -0.15) is 4.98 Å². The molecule has 92 valence electrons. The van der Waals surface area contributed by atoms with Crippen molar-refractivity contribution in [2.24, 2.45) is 7.05 Å². The van der Waals surface area contributed by atoms with Crippen LogP contribution in [0.25, 0.3) is 5.78 Å². The number of aryl methyl sites for hydroxylation is 2. The zero-order valence-corrected chi connectivity index (χ0v) is 11.1. The largest absolute Gasteiger partial charge is 0.356 e. The van der Waals surface area contributed by atoms with Gasteiger partial charge in [-0.1, -0.05) is 15.9 Å². The number of rotatable bonds is 3. The Morgan fingerprint density at radius 2 is 2.00 bits per heavy atom. The summed E-state index contributed by atoms with van der Waals surface area (Å²) in [5.74, 6) is 0.739. The number of aromatic nitrogens is 5. The highest BCUT2D eigenvalue weighted by atomic mass is 79.9. The van der Waals surface area contributed by atoms with Crippen LogP contribution < -0.4 is 11.4 Å². The summed E-state index contributed by atoms with van der Waals surface area (Å²) in [6.45, 7) is 2.05. The van der Waals surface area contributed by atoms with E-state index >= 15 is 0 Å². The molecule has 0 N–H and O–H groups in total. The molecule has 2 rings (SSSR count). The van der Waals surface area contributed by atoms with E-state index in [2.05, 4.69) is 26.0 Å². The van der Waals surface area contributed by atoms with Gasteiger partial charge in [0.2, 0.25) is 5.78 Å². The molecule has 0 aliphatic carbocycles. The Morgan fingerprint density at radius 3 is 2.65 bits per heavy atom. The lowest BCUT2D eigenvalue weighted by Crippen LogP contribution is -2.43. The molecule has 0 aromatic carbocycles. The summed E-state index contributed by atoms with van der Waals surface area (Å²) in [6.07, 6.45) is 0.703. The van der Waals surface area contributed by atoms with Gasteiger partial charge in [0.15, 0.2) is 0 Å². The van der Waals surface area contributed by atoms with E-state index in [1.165, 1.54) is 9.13 Å². The van der Waals surface area contributed by atoms with E-state index < -0.39 is 5.69 Å². The fourth-order valence-electron chi connectivity index (χ4n) is 1.62. The van der Waals surface area contributed by atoms with Gasteiger partial charge in [0.1, 0.15) is 5.82 Å². The summed E-state index contributed by atoms with van der Waals surface area (Å²) >= 11 is 3.27. The van der Waals surface area contributed by atoms with Gasteiger partial charge in [0, 0.05) is 18.9 Å². The number of alkyl halides is 1. The normalized spacial score (nSPS) is 11.2. The van der Waals surface area contributed by atoms with E-state index in [-0.39, 0.29) is 11.5 Å². The smallest absolute Gasteiger partial charge is 0.265 e. The average molecular weight is 302 g/mol. The molecule has 7 nitrogen and oxygen atoms in total. The van der Waals surface area contributed by atoms with Crippen molar-refractivity contribution in [1.82, 2.24) is 23.7 Å². The van der Waals surface area contributed by atoms with E-state index in [1.54, 1.807) is 14.0 Å². The maximum absolute atomic E-state index is 12.0. The third-order valence-electron chi connectivity index (χ3n) is 2.44. The SMILES string of the molecule is Cc1nc2n(C)c(=O)n(CCCBr)c(=O)n2n1. The van der Waals surface area contributed by atoms with Crippen LogP contribution in [0.5, 0.6) is 0 Å². The standard InChI is InChI=1S/C9H12BrN5O2/c1-6-11-7-13(2)8(16)14(5-3-4-10)9(17)15(7)12-6/h3-5H2,1-2H3. The van der Waals surface area contributed by atoms with E-state index in [1.807, 2.05) is 0 Å². The van der Waals surface area contributed by atoms with Crippen LogP contribution in [0.2, 0.25) is 0 Å². The molecule has 0 atom stereocenters. The highest BCUT2D eigenvalue weighted by Gasteiger charge is 2.13. The minimum absolute atomic E-state index is 0.271. The summed E-state index contributed by atoms with van der Waals surface area (Å²) in [4.78, 5) is 28.0. The van der Waals surface area contributed by atoms with Gasteiger partial charge in [-0.05, 0) is 13.3 Å². The molecule has 0 fully saturated rings. The van der Waals surface area contributed by atoms with Crippen LogP contribution in [-0.4, -0.2) is 29.1 Å². The number of hydrogen-bond donors (Lipinski definition) is 0. The van der Waals surface area contributed by atoms with Crippen LogP contribution in [0.3, 0.4) is 0 Å². The van der Waals surface area contributed by atoms with Gasteiger partial charge in [-0.25, -0.2) is 14.2 Å². The summed E-state index contributed by atoms with van der Waals surface area (Å²) in [5, 5.41) is 4.72. The van der Waals surface area contributed by atoms with E-state index in [9.17, 15) is 9.59 Å². The topological polar surface area (TPSA) is 74.2 Å². The van der Waals surface area contributed by atoms with Crippen molar-refractivity contribution < 1.29 is 0 Å². The molecule has 2 aromatic heterocycles. The number of nitrogens with zero attached hydrogens (tertiary/aromatic N) is 5. The quantitative estimate of drug-likeness (QED) is 0.729. The third kappa shape index (κ3) is 1.92. The first-order chi connectivity index (χ1) is 8.06. The Bertz CT molecular complexity index is 668. The van der Waals surface area contributed by atoms with Crippen molar-refractivity contribution in [3.05, 3.63) is 26.8 Å². The van der Waals surface area contributed by atoms with Crippen LogP contribution in [0, 0.1) is 6.92 Å². The summed E-state index contributed by atoms with van der Waals surface area (Å²) in [5.41, 5.74) is -0.805. The molecule has 0 spiro atoms. The van der Waals surface area contributed by atoms with E-state index in [0.717, 1.165) is 9.85 Å². The van der Waals surface area contributed by atoms with Crippen molar-refractivity contribution >= 4 is 21.7 Å². The van der Waals surface area contributed by atoms with Crippen LogP contribution >= 0.6 is 15.9 Å². The molecule has 0 bridgehead atoms. The highest BCUT2D eigenvalue weighted by molar-refractivity contribution is 9.09. The molecule has 0 aliphatic rings. The Kier molecular flexibility index (Phi) is 3.14. The van der Waals surface area contributed by atoms with Gasteiger partial charge in [-0.3, -0.25) is 4.57 Å². The van der Waals surface area contributed by atoms with Gasteiger partial charge in [0.25, 0.3) is 0 Å². The predicted molar refractivity (Wildman–Crippen MR) is 65.6 cm³/mol. The summed E-state index contributed by atoms with van der Waals surface area (Å²) < 4.78 is 3.66. The second-order valence-electron chi connectivity index (χ2n) is 3.69. The fourth-order valence-corrected chi connectivity index (χ4v) is 1.87. The summed E-state index contributed by atoms with van der Waals surface area (Å²) in [6, 6.07) is 0. The lowest BCUT2D eigenvalue weighted by molar-refractivity contribution is 0.547. The van der Waals surface area contributed by atoms with Crippen molar-refractivity contribution in [3.8, 4) is 0 Å². The molecule has 17 heavy (non-hydrogen) atoms. The first-order valence-electron chi connectivity index (χ1n) is 5.15. The van der Waals surface area contributed by atoms with Gasteiger partial charge >= 0.3 is 11.4 Å². The highest BCUT2D eigenvalue weighted by Crippen LogP contribution is 1.94. The minimum atomic E-state index is -0.440. The van der Waals surface area contributed by atoms with E-state index in [4.69, 9.17) is 0 Å². The Balaban J connectivity index is 2.77. The second kappa shape index (κ2) is 4.44. The number of halogens is 1. The lowest BCUT2D eigenvalue weighted by Gasteiger charge is -2.06. The molecule has 2 heterocycles. The number of hydrogen-bond acceptors (Lipinski definition) is 4. The second-order valence-corrected chi connectivity index (χ2v) is 4.48. The van der Waals surface area contributed by atoms with Gasteiger partial charge in [0.05, 0.1) is 0 Å². The fraction of sp³-hybridized carbons (Fsp3) is 0.556. The van der Waals surface area contributed by atoms with Crippen molar-refractivity contribution in [2.45, 2.75) is 19.9 Å². The Morgan fingerprint density at radius 1 is 1.29 bits per heavy atom. The monoisotopic (exact) mass is 301 g/mol. The molecule has 0 radical (unpaired) electrons. The third-order valence-corrected chi connectivity index (χ3v) is 3.00. The molecule has 0 amide bonds. The van der Waals surface area contributed by atoms with Crippen LogP contribution in [0.15, 0.2) is 9.59 Å². The van der Waals surface area contributed by atoms with Crippen LogP contribution in [-0.2, 0) is 13.6 Å². The zero-order valence-electron chi connectivity index (χ0n) is 9.55.